The van der Waals surface area contributed by atoms with Crippen LogP contribution in [0.3, 0.4) is 0 Å². The molecule has 1 amide bonds. The van der Waals surface area contributed by atoms with Crippen molar-refractivity contribution < 1.29 is 14.3 Å². The van der Waals surface area contributed by atoms with E-state index in [1.807, 2.05) is 24.3 Å². The smallest absolute Gasteiger partial charge is 0.238 e. The molecule has 1 unspecified atom stereocenters. The van der Waals surface area contributed by atoms with Gasteiger partial charge in [0.25, 0.3) is 0 Å². The summed E-state index contributed by atoms with van der Waals surface area (Å²) in [4.78, 5) is 12.1. The van der Waals surface area contributed by atoms with E-state index in [4.69, 9.17) is 9.47 Å². The number of amides is 1. The number of nitrogens with one attached hydrogen (secondary N) is 2. The van der Waals surface area contributed by atoms with E-state index >= 15 is 0 Å². The van der Waals surface area contributed by atoms with Gasteiger partial charge in [0, 0.05) is 12.3 Å². The Balaban J connectivity index is 1.35. The topological polar surface area (TPSA) is 59.6 Å². The molecule has 1 atom stereocenters. The van der Waals surface area contributed by atoms with Gasteiger partial charge >= 0.3 is 0 Å². The van der Waals surface area contributed by atoms with Crippen molar-refractivity contribution in [3.63, 3.8) is 0 Å². The Morgan fingerprint density at radius 3 is 2.03 bits per heavy atom. The highest BCUT2D eigenvalue weighted by Crippen LogP contribution is 2.18. The molecule has 1 aromatic carbocycles. The zero-order valence-corrected chi connectivity index (χ0v) is 21.8. The second-order valence-electron chi connectivity index (χ2n) is 9.79. The molecular weight excluding hydrogens is 424 g/mol. The lowest BCUT2D eigenvalue weighted by Crippen LogP contribution is -2.28. The number of rotatable bonds is 21. The summed E-state index contributed by atoms with van der Waals surface area (Å²) in [5, 5.41) is 6.20. The third-order valence-electron chi connectivity index (χ3n) is 6.59. The molecule has 1 aromatic rings. The second-order valence-corrected chi connectivity index (χ2v) is 9.79. The Hall–Kier alpha value is -1.59. The van der Waals surface area contributed by atoms with Crippen LogP contribution in [-0.4, -0.2) is 38.3 Å². The first-order valence-electron chi connectivity index (χ1n) is 14.1. The number of benzene rings is 1. The van der Waals surface area contributed by atoms with Crippen molar-refractivity contribution in [2.45, 2.75) is 116 Å². The van der Waals surface area contributed by atoms with Crippen molar-refractivity contribution in [3.8, 4) is 5.75 Å². The minimum absolute atomic E-state index is 0.00149. The van der Waals surface area contributed by atoms with Crippen LogP contribution in [0.15, 0.2) is 24.3 Å². The average molecular weight is 475 g/mol. The van der Waals surface area contributed by atoms with Gasteiger partial charge in [0.2, 0.25) is 5.91 Å². The lowest BCUT2D eigenvalue weighted by Gasteiger charge is -2.12. The Labute approximate surface area is 208 Å². The summed E-state index contributed by atoms with van der Waals surface area (Å²) in [6.07, 6.45) is 21.5. The molecule has 2 rings (SSSR count). The summed E-state index contributed by atoms with van der Waals surface area (Å²) in [5.41, 5.74) is 0.799. The standard InChI is InChI=1S/C29H50N2O3/c1-2-3-4-5-6-7-8-9-10-11-12-13-14-15-22-30-24-29(32)31-26-18-20-27(21-19-26)34-25-28-17-16-23-33-28/h18-21,28,30H,2-17,22-25H2,1H3,(H,31,32). The van der Waals surface area contributed by atoms with Crippen LogP contribution in [0, 0.1) is 0 Å². The number of hydrogen-bond donors (Lipinski definition) is 2. The van der Waals surface area contributed by atoms with E-state index in [0.717, 1.165) is 43.9 Å². The van der Waals surface area contributed by atoms with Crippen LogP contribution in [0.5, 0.6) is 5.75 Å². The number of anilines is 1. The molecule has 1 saturated heterocycles. The number of carbonyl (C=O) groups excluding carboxylic acids is 1. The van der Waals surface area contributed by atoms with E-state index in [1.54, 1.807) is 0 Å². The molecule has 34 heavy (non-hydrogen) atoms. The van der Waals surface area contributed by atoms with E-state index < -0.39 is 0 Å². The number of ether oxygens (including phenoxy) is 2. The van der Waals surface area contributed by atoms with Gasteiger partial charge in [-0.1, -0.05) is 90.4 Å². The molecule has 5 heteroatoms. The molecule has 0 bridgehead atoms. The number of carbonyl (C=O) groups is 1. The average Bonchev–Trinajstić information content (AvgIpc) is 3.37. The molecule has 0 saturated carbocycles. The largest absolute Gasteiger partial charge is 0.491 e. The van der Waals surface area contributed by atoms with Gasteiger partial charge in [-0.3, -0.25) is 4.79 Å². The summed E-state index contributed by atoms with van der Waals surface area (Å²) in [6, 6.07) is 7.56. The fourth-order valence-corrected chi connectivity index (χ4v) is 4.45. The van der Waals surface area contributed by atoms with Gasteiger partial charge in [0.1, 0.15) is 12.4 Å². The van der Waals surface area contributed by atoms with Crippen LogP contribution in [-0.2, 0) is 9.53 Å². The Morgan fingerprint density at radius 1 is 0.882 bits per heavy atom. The molecule has 1 heterocycles. The maximum absolute atomic E-state index is 12.1. The molecule has 0 radical (unpaired) electrons. The van der Waals surface area contributed by atoms with E-state index in [-0.39, 0.29) is 12.0 Å². The first-order valence-corrected chi connectivity index (χ1v) is 14.1. The Kier molecular flexibility index (Phi) is 16.6. The molecule has 5 nitrogen and oxygen atoms in total. The van der Waals surface area contributed by atoms with Crippen molar-refractivity contribution in [1.29, 1.82) is 0 Å². The van der Waals surface area contributed by atoms with Crippen molar-refractivity contribution in [2.24, 2.45) is 0 Å². The van der Waals surface area contributed by atoms with Gasteiger partial charge in [0.15, 0.2) is 0 Å². The zero-order chi connectivity index (χ0) is 24.1. The van der Waals surface area contributed by atoms with E-state index in [1.165, 1.54) is 83.5 Å². The van der Waals surface area contributed by atoms with E-state index in [2.05, 4.69) is 17.6 Å². The zero-order valence-electron chi connectivity index (χ0n) is 21.8. The van der Waals surface area contributed by atoms with Gasteiger partial charge < -0.3 is 20.1 Å². The molecule has 194 valence electrons. The van der Waals surface area contributed by atoms with Crippen LogP contribution in [0.2, 0.25) is 0 Å². The third-order valence-corrected chi connectivity index (χ3v) is 6.59. The van der Waals surface area contributed by atoms with Crippen molar-refractivity contribution in [3.05, 3.63) is 24.3 Å². The maximum atomic E-state index is 12.1. The quantitative estimate of drug-likeness (QED) is 0.184. The summed E-state index contributed by atoms with van der Waals surface area (Å²) >= 11 is 0. The molecule has 2 N–H and O–H groups in total. The second kappa shape index (κ2) is 19.7. The molecule has 0 spiro atoms. The first kappa shape index (κ1) is 28.6. The van der Waals surface area contributed by atoms with Crippen LogP contribution >= 0.6 is 0 Å². The monoisotopic (exact) mass is 474 g/mol. The fraction of sp³-hybridized carbons (Fsp3) is 0.759. The molecule has 1 aliphatic rings. The molecule has 1 aliphatic heterocycles. The highest BCUT2D eigenvalue weighted by Gasteiger charge is 2.15. The third kappa shape index (κ3) is 14.6. The summed E-state index contributed by atoms with van der Waals surface area (Å²) in [6.45, 7) is 4.97. The van der Waals surface area contributed by atoms with Crippen molar-refractivity contribution in [1.82, 2.24) is 5.32 Å². The van der Waals surface area contributed by atoms with E-state index in [9.17, 15) is 4.79 Å². The number of unbranched alkanes of at least 4 members (excludes halogenated alkanes) is 13. The summed E-state index contributed by atoms with van der Waals surface area (Å²) in [7, 11) is 0. The van der Waals surface area contributed by atoms with Crippen LogP contribution in [0.1, 0.15) is 110 Å². The van der Waals surface area contributed by atoms with Gasteiger partial charge in [0.05, 0.1) is 12.6 Å². The van der Waals surface area contributed by atoms with Crippen molar-refractivity contribution in [2.75, 3.05) is 31.6 Å². The first-order chi connectivity index (χ1) is 16.8. The summed E-state index contributed by atoms with van der Waals surface area (Å²) < 4.78 is 11.3. The molecule has 0 aromatic heterocycles. The van der Waals surface area contributed by atoms with Crippen LogP contribution in [0.25, 0.3) is 0 Å². The van der Waals surface area contributed by atoms with Crippen LogP contribution < -0.4 is 15.4 Å². The van der Waals surface area contributed by atoms with Crippen LogP contribution in [0.4, 0.5) is 5.69 Å². The van der Waals surface area contributed by atoms with Gasteiger partial charge in [-0.25, -0.2) is 0 Å². The fourth-order valence-electron chi connectivity index (χ4n) is 4.45. The van der Waals surface area contributed by atoms with Gasteiger partial charge in [-0.05, 0) is 50.1 Å². The lowest BCUT2D eigenvalue weighted by atomic mass is 10.0. The summed E-state index contributed by atoms with van der Waals surface area (Å²) in [5.74, 6) is 0.808. The Morgan fingerprint density at radius 2 is 1.47 bits per heavy atom. The minimum atomic E-state index is -0.00149. The molecule has 1 fully saturated rings. The number of hydrogen-bond acceptors (Lipinski definition) is 4. The predicted octanol–water partition coefficient (Wildman–Crippen LogP) is 7.25. The molecular formula is C29H50N2O3. The Bertz CT molecular complexity index is 614. The van der Waals surface area contributed by atoms with Gasteiger partial charge in [-0.2, -0.15) is 0 Å². The van der Waals surface area contributed by atoms with E-state index in [0.29, 0.717) is 13.2 Å². The van der Waals surface area contributed by atoms with Gasteiger partial charge in [-0.15, -0.1) is 0 Å². The lowest BCUT2D eigenvalue weighted by molar-refractivity contribution is -0.115. The highest BCUT2D eigenvalue weighted by atomic mass is 16.5. The highest BCUT2D eigenvalue weighted by molar-refractivity contribution is 5.92. The predicted molar refractivity (Wildman–Crippen MR) is 143 cm³/mol. The van der Waals surface area contributed by atoms with Crippen molar-refractivity contribution >= 4 is 11.6 Å². The SMILES string of the molecule is CCCCCCCCCCCCCCCCNCC(=O)Nc1ccc(OCC2CCCO2)cc1. The minimum Gasteiger partial charge on any atom is -0.491 e. The normalized spacial score (nSPS) is 15.5. The maximum Gasteiger partial charge on any atom is 0.238 e. The molecule has 0 aliphatic carbocycles.